The largest absolute Gasteiger partial charge is 0.389 e. The van der Waals surface area contributed by atoms with Gasteiger partial charge in [-0.05, 0) is 45.1 Å². The van der Waals surface area contributed by atoms with Gasteiger partial charge in [-0.25, -0.2) is 4.39 Å². The van der Waals surface area contributed by atoms with Crippen LogP contribution in [-0.2, 0) is 0 Å². The smallest absolute Gasteiger partial charge is 0.240 e. The van der Waals surface area contributed by atoms with Crippen LogP contribution in [0.4, 0.5) is 26.3 Å². The molecule has 2 atom stereocenters. The van der Waals surface area contributed by atoms with Crippen LogP contribution in [-0.4, -0.2) is 24.2 Å². The molecule has 0 aromatic heterocycles. The number of hydrogen-bond acceptors (Lipinski definition) is 0. The summed E-state index contributed by atoms with van der Waals surface area (Å²) in [6, 6.07) is 20.8. The molecular formula is C27H37F6P. The molecule has 0 amide bonds. The molecule has 0 bridgehead atoms. The molecule has 0 aliphatic rings. The third-order valence-electron chi connectivity index (χ3n) is 5.33. The fraction of sp³-hybridized carbons (Fsp3) is 0.556. The van der Waals surface area contributed by atoms with Gasteiger partial charge in [-0.3, -0.25) is 0 Å². The number of hydrogen-bond donors (Lipinski definition) is 0. The topological polar surface area (TPSA) is 0 Å². The Morgan fingerprint density at radius 3 is 1.68 bits per heavy atom. The first-order chi connectivity index (χ1) is 16.2. The highest BCUT2D eigenvalue weighted by Gasteiger charge is 2.38. The average molecular weight is 507 g/mol. The third-order valence-corrected chi connectivity index (χ3v) is 6.72. The van der Waals surface area contributed by atoms with Crippen molar-refractivity contribution in [1.82, 2.24) is 0 Å². The lowest BCUT2D eigenvalue weighted by Gasteiger charge is -2.20. The van der Waals surface area contributed by atoms with E-state index in [0.717, 1.165) is 19.3 Å². The highest BCUT2D eigenvalue weighted by Crippen LogP contribution is 2.42. The Bertz CT molecular complexity index is 696. The van der Waals surface area contributed by atoms with E-state index in [-0.39, 0.29) is 19.3 Å². The van der Waals surface area contributed by atoms with E-state index >= 15 is 0 Å². The molecule has 0 saturated carbocycles. The molecule has 7 heteroatoms. The Morgan fingerprint density at radius 1 is 0.676 bits per heavy atom. The molecule has 2 aromatic rings. The van der Waals surface area contributed by atoms with Gasteiger partial charge >= 0.3 is 6.18 Å². The maximum absolute atomic E-state index is 13.5. The van der Waals surface area contributed by atoms with Crippen LogP contribution in [0.15, 0.2) is 60.7 Å². The molecule has 0 heterocycles. The van der Waals surface area contributed by atoms with Crippen LogP contribution in [0.1, 0.15) is 71.1 Å². The summed E-state index contributed by atoms with van der Waals surface area (Å²) >= 11 is 0. The van der Waals surface area contributed by atoms with Gasteiger partial charge in [0, 0.05) is 6.42 Å². The minimum Gasteiger partial charge on any atom is -0.240 e. The Balaban J connectivity index is 0.000000398. The Labute approximate surface area is 202 Å². The van der Waals surface area contributed by atoms with Crippen LogP contribution >= 0.6 is 8.58 Å². The zero-order valence-corrected chi connectivity index (χ0v) is 20.9. The van der Waals surface area contributed by atoms with Crippen molar-refractivity contribution in [2.45, 2.75) is 89.1 Å². The molecule has 0 radical (unpaired) electrons. The summed E-state index contributed by atoms with van der Waals surface area (Å²) in [7, 11) is -0.702. The van der Waals surface area contributed by atoms with Gasteiger partial charge < -0.3 is 0 Å². The van der Waals surface area contributed by atoms with Crippen molar-refractivity contribution in [3.63, 3.8) is 0 Å². The lowest BCUT2D eigenvalue weighted by molar-refractivity contribution is -0.135. The summed E-state index contributed by atoms with van der Waals surface area (Å²) in [6.45, 7) is 2.03. The molecule has 34 heavy (non-hydrogen) atoms. The predicted octanol–water partition coefficient (Wildman–Crippen LogP) is 10.4. The fourth-order valence-electron chi connectivity index (χ4n) is 3.36. The van der Waals surface area contributed by atoms with Gasteiger partial charge in [0.25, 0.3) is 5.66 Å². The summed E-state index contributed by atoms with van der Waals surface area (Å²) < 4.78 is 76.3. The molecule has 2 aromatic carbocycles. The number of unbranched alkanes of at least 4 members (excludes halogenated alkanes) is 6. The summed E-state index contributed by atoms with van der Waals surface area (Å²) in [4.78, 5) is 0. The molecule has 0 aliphatic heterocycles. The van der Waals surface area contributed by atoms with Crippen LogP contribution in [0.25, 0.3) is 11.1 Å². The number of alkyl halides is 6. The van der Waals surface area contributed by atoms with Crippen molar-refractivity contribution in [2.75, 3.05) is 6.16 Å². The van der Waals surface area contributed by atoms with Crippen molar-refractivity contribution in [1.29, 1.82) is 0 Å². The normalized spacial score (nSPS) is 13.0. The van der Waals surface area contributed by atoms with Crippen LogP contribution in [0.2, 0.25) is 0 Å². The lowest BCUT2D eigenvalue weighted by atomic mass is 10.1. The summed E-state index contributed by atoms with van der Waals surface area (Å²) in [5, 5.41) is 0. The minimum absolute atomic E-state index is 0.0178. The zero-order chi connectivity index (χ0) is 25.3. The SMILES string of the molecule is CCCCCCPC(F)(F)C(F)CCCCCCC(F)(F)F.c1ccc(-c2ccccc2)cc1. The van der Waals surface area contributed by atoms with Gasteiger partial charge in [0.15, 0.2) is 6.17 Å². The van der Waals surface area contributed by atoms with E-state index in [9.17, 15) is 26.3 Å². The molecule has 192 valence electrons. The number of halogens is 6. The Morgan fingerprint density at radius 2 is 1.18 bits per heavy atom. The molecule has 0 saturated heterocycles. The van der Waals surface area contributed by atoms with Crippen molar-refractivity contribution >= 4 is 8.58 Å². The second kappa shape index (κ2) is 17.0. The molecule has 0 spiro atoms. The van der Waals surface area contributed by atoms with E-state index in [2.05, 4.69) is 48.5 Å². The van der Waals surface area contributed by atoms with Crippen molar-refractivity contribution in [2.24, 2.45) is 0 Å². The van der Waals surface area contributed by atoms with Gasteiger partial charge in [0.1, 0.15) is 0 Å². The van der Waals surface area contributed by atoms with Crippen LogP contribution in [0.5, 0.6) is 0 Å². The minimum atomic E-state index is -4.17. The molecule has 0 N–H and O–H groups in total. The summed E-state index contributed by atoms with van der Waals surface area (Å²) in [6.07, 6.45) is -2.61. The third kappa shape index (κ3) is 14.7. The van der Waals surface area contributed by atoms with Crippen LogP contribution in [0.3, 0.4) is 0 Å². The van der Waals surface area contributed by atoms with Gasteiger partial charge in [-0.1, -0.05) is 106 Å². The van der Waals surface area contributed by atoms with Gasteiger partial charge in [0.05, 0.1) is 0 Å². The van der Waals surface area contributed by atoms with E-state index < -0.39 is 33.0 Å². The molecule has 0 aliphatic carbocycles. The standard InChI is InChI=1S/C15H27F6P.C12H10/c1-2-3-4-9-12-22-15(20,21)13(16)10-7-5-6-8-11-14(17,18)19;1-3-7-11(8-4-1)12-9-5-2-6-10-12/h13,22H,2-12H2,1H3;1-10H. The highest BCUT2D eigenvalue weighted by molar-refractivity contribution is 7.39. The maximum Gasteiger partial charge on any atom is 0.389 e. The van der Waals surface area contributed by atoms with E-state index in [1.54, 1.807) is 0 Å². The predicted molar refractivity (Wildman–Crippen MR) is 133 cm³/mol. The molecular weight excluding hydrogens is 469 g/mol. The monoisotopic (exact) mass is 506 g/mol. The van der Waals surface area contributed by atoms with Gasteiger partial charge in [0.2, 0.25) is 0 Å². The van der Waals surface area contributed by atoms with Gasteiger partial charge in [-0.15, -0.1) is 0 Å². The first kappa shape index (κ1) is 30.5. The zero-order valence-electron chi connectivity index (χ0n) is 19.9. The van der Waals surface area contributed by atoms with Crippen molar-refractivity contribution in [3.8, 4) is 11.1 Å². The second-order valence-corrected chi connectivity index (χ2v) is 9.90. The summed E-state index contributed by atoms with van der Waals surface area (Å²) in [5.41, 5.74) is -0.728. The average Bonchev–Trinajstić information content (AvgIpc) is 2.82. The quantitative estimate of drug-likeness (QED) is 0.136. The van der Waals surface area contributed by atoms with E-state index in [1.165, 1.54) is 11.1 Å². The lowest BCUT2D eigenvalue weighted by Crippen LogP contribution is -2.25. The van der Waals surface area contributed by atoms with Crippen LogP contribution < -0.4 is 0 Å². The number of rotatable bonds is 14. The van der Waals surface area contributed by atoms with Gasteiger partial charge in [-0.2, -0.15) is 22.0 Å². The molecule has 0 nitrogen and oxygen atoms in total. The maximum atomic E-state index is 13.5. The highest BCUT2D eigenvalue weighted by atomic mass is 31.1. The molecule has 2 rings (SSSR count). The van der Waals surface area contributed by atoms with Crippen molar-refractivity contribution < 1.29 is 26.3 Å². The second-order valence-electron chi connectivity index (χ2n) is 8.38. The first-order valence-corrected chi connectivity index (χ1v) is 13.3. The molecule has 0 fully saturated rings. The summed E-state index contributed by atoms with van der Waals surface area (Å²) in [5.74, 6) is 0. The van der Waals surface area contributed by atoms with Crippen molar-refractivity contribution in [3.05, 3.63) is 60.7 Å². The first-order valence-electron chi connectivity index (χ1n) is 12.1. The van der Waals surface area contributed by atoms with Crippen LogP contribution in [0, 0.1) is 0 Å². The van der Waals surface area contributed by atoms with E-state index in [0.29, 0.717) is 25.4 Å². The fourth-order valence-corrected chi connectivity index (χ4v) is 4.49. The molecule has 2 unspecified atom stereocenters. The van der Waals surface area contributed by atoms with E-state index in [4.69, 9.17) is 0 Å². The Hall–Kier alpha value is -1.55. The number of benzene rings is 2. The Kier molecular flexibility index (Phi) is 15.2. The van der Waals surface area contributed by atoms with E-state index in [1.807, 2.05) is 19.1 Å².